The van der Waals surface area contributed by atoms with Crippen LogP contribution in [0.4, 0.5) is 0 Å². The first-order valence-electron chi connectivity index (χ1n) is 7.66. The number of likely N-dealkylation sites (tertiary alicyclic amines) is 1. The highest BCUT2D eigenvalue weighted by molar-refractivity contribution is 5.84. The lowest BCUT2D eigenvalue weighted by atomic mass is 9.92. The summed E-state index contributed by atoms with van der Waals surface area (Å²) in [6.45, 7) is 11.3. The molecule has 0 bridgehead atoms. The highest BCUT2D eigenvalue weighted by Gasteiger charge is 2.38. The van der Waals surface area contributed by atoms with Crippen molar-refractivity contribution >= 4 is 5.91 Å². The van der Waals surface area contributed by atoms with Gasteiger partial charge in [-0.3, -0.25) is 9.69 Å². The Morgan fingerprint density at radius 1 is 1.50 bits per heavy atom. The molecule has 0 saturated carbocycles. The molecule has 0 radical (unpaired) electrons. The minimum atomic E-state index is -0.617. The zero-order chi connectivity index (χ0) is 15.5. The van der Waals surface area contributed by atoms with Crippen molar-refractivity contribution in [3.8, 4) is 0 Å². The van der Waals surface area contributed by atoms with E-state index in [4.69, 9.17) is 5.73 Å². The van der Waals surface area contributed by atoms with Gasteiger partial charge in [-0.25, -0.2) is 0 Å². The number of carbonyl (C=O) groups excluding carboxylic acids is 1. The first-order chi connectivity index (χ1) is 9.21. The van der Waals surface area contributed by atoms with Gasteiger partial charge in [-0.15, -0.1) is 0 Å². The van der Waals surface area contributed by atoms with Crippen LogP contribution in [0, 0.1) is 5.92 Å². The number of rotatable bonds is 7. The van der Waals surface area contributed by atoms with E-state index in [0.717, 1.165) is 26.1 Å². The minimum Gasteiger partial charge on any atom is -0.368 e. The number of likely N-dealkylation sites (N-methyl/N-ethyl adjacent to an activating group) is 2. The van der Waals surface area contributed by atoms with Crippen molar-refractivity contribution in [2.75, 3.05) is 33.7 Å². The lowest BCUT2D eigenvalue weighted by Gasteiger charge is -2.34. The zero-order valence-electron chi connectivity index (χ0n) is 13.9. The zero-order valence-corrected chi connectivity index (χ0v) is 13.9. The number of carbonyl (C=O) groups is 1. The van der Waals surface area contributed by atoms with E-state index in [9.17, 15) is 4.79 Å². The Hall–Kier alpha value is -0.650. The molecule has 118 valence electrons. The smallest absolute Gasteiger partial charge is 0.237 e. The fourth-order valence-corrected chi connectivity index (χ4v) is 3.39. The maximum atomic E-state index is 11.7. The van der Waals surface area contributed by atoms with Crippen LogP contribution in [0.5, 0.6) is 0 Å². The lowest BCUT2D eigenvalue weighted by molar-refractivity contribution is -0.124. The third-order valence-electron chi connectivity index (χ3n) is 4.70. The van der Waals surface area contributed by atoms with Crippen LogP contribution in [0.2, 0.25) is 0 Å². The van der Waals surface area contributed by atoms with Gasteiger partial charge < -0.3 is 16.0 Å². The summed E-state index contributed by atoms with van der Waals surface area (Å²) < 4.78 is 0. The van der Waals surface area contributed by atoms with Crippen LogP contribution < -0.4 is 11.1 Å². The summed E-state index contributed by atoms with van der Waals surface area (Å²) >= 11 is 0. The summed E-state index contributed by atoms with van der Waals surface area (Å²) in [6, 6.07) is 0.940. The molecule has 5 heteroatoms. The maximum Gasteiger partial charge on any atom is 0.237 e. The lowest BCUT2D eigenvalue weighted by Crippen LogP contribution is -2.56. The molecule has 0 aliphatic carbocycles. The third kappa shape index (κ3) is 3.93. The molecule has 1 aliphatic rings. The van der Waals surface area contributed by atoms with Crippen LogP contribution >= 0.6 is 0 Å². The largest absolute Gasteiger partial charge is 0.368 e. The van der Waals surface area contributed by atoms with Crippen LogP contribution in [0.15, 0.2) is 0 Å². The van der Waals surface area contributed by atoms with E-state index in [1.165, 1.54) is 0 Å². The van der Waals surface area contributed by atoms with Crippen molar-refractivity contribution in [1.29, 1.82) is 0 Å². The predicted molar refractivity (Wildman–Crippen MR) is 83.6 cm³/mol. The second-order valence-corrected chi connectivity index (χ2v) is 6.74. The molecule has 3 N–H and O–H groups in total. The summed E-state index contributed by atoms with van der Waals surface area (Å²) in [5, 5.41) is 3.25. The van der Waals surface area contributed by atoms with Gasteiger partial charge in [-0.2, -0.15) is 0 Å². The standard InChI is InChI=1S/C15H32N4O/c1-7-17-15(4,14(16)20)8-12(3)19-9-11(2)13(10-19)18(5)6/h11-13,17H,7-10H2,1-6H3,(H2,16,20). The van der Waals surface area contributed by atoms with Gasteiger partial charge in [-0.1, -0.05) is 13.8 Å². The van der Waals surface area contributed by atoms with Gasteiger partial charge in [-0.05, 0) is 46.8 Å². The SMILES string of the molecule is CCNC(C)(CC(C)N1CC(C)C(N(C)C)C1)C(N)=O. The van der Waals surface area contributed by atoms with E-state index in [1.807, 2.05) is 13.8 Å². The Morgan fingerprint density at radius 3 is 2.50 bits per heavy atom. The fourth-order valence-electron chi connectivity index (χ4n) is 3.39. The third-order valence-corrected chi connectivity index (χ3v) is 4.70. The first kappa shape index (κ1) is 17.4. The quantitative estimate of drug-likeness (QED) is 0.715. The van der Waals surface area contributed by atoms with Crippen LogP contribution in [0.1, 0.15) is 34.1 Å². The molecule has 5 nitrogen and oxygen atoms in total. The highest BCUT2D eigenvalue weighted by Crippen LogP contribution is 2.25. The second kappa shape index (κ2) is 6.87. The van der Waals surface area contributed by atoms with Gasteiger partial charge >= 0.3 is 0 Å². The average molecular weight is 284 g/mol. The average Bonchev–Trinajstić information content (AvgIpc) is 2.71. The molecule has 0 aromatic heterocycles. The highest BCUT2D eigenvalue weighted by atomic mass is 16.1. The molecule has 4 atom stereocenters. The number of hydrogen-bond acceptors (Lipinski definition) is 4. The summed E-state index contributed by atoms with van der Waals surface area (Å²) in [6.07, 6.45) is 0.753. The molecule has 1 amide bonds. The molecule has 1 rings (SSSR count). The number of nitrogens with two attached hydrogens (primary N) is 1. The molecular formula is C15H32N4O. The molecule has 0 aromatic rings. The molecule has 0 spiro atoms. The van der Waals surface area contributed by atoms with Gasteiger partial charge in [0, 0.05) is 25.2 Å². The number of amides is 1. The van der Waals surface area contributed by atoms with Crippen molar-refractivity contribution in [3.63, 3.8) is 0 Å². The summed E-state index contributed by atoms with van der Waals surface area (Å²) in [4.78, 5) is 16.5. The molecule has 1 fully saturated rings. The molecule has 1 heterocycles. The number of hydrogen-bond donors (Lipinski definition) is 2. The molecule has 0 aromatic carbocycles. The monoisotopic (exact) mass is 284 g/mol. The number of primary amides is 1. The number of nitrogens with zero attached hydrogens (tertiary/aromatic N) is 2. The van der Waals surface area contributed by atoms with Crippen molar-refractivity contribution in [2.24, 2.45) is 11.7 Å². The van der Waals surface area contributed by atoms with Crippen molar-refractivity contribution < 1.29 is 4.79 Å². The maximum absolute atomic E-state index is 11.7. The van der Waals surface area contributed by atoms with E-state index in [-0.39, 0.29) is 5.91 Å². The Kier molecular flexibility index (Phi) is 5.98. The van der Waals surface area contributed by atoms with E-state index in [2.05, 4.69) is 43.1 Å². The summed E-state index contributed by atoms with van der Waals surface area (Å²) in [5.41, 5.74) is 4.96. The van der Waals surface area contributed by atoms with Gasteiger partial charge in [0.1, 0.15) is 0 Å². The van der Waals surface area contributed by atoms with E-state index < -0.39 is 5.54 Å². The van der Waals surface area contributed by atoms with Crippen LogP contribution in [-0.4, -0.2) is 67.1 Å². The van der Waals surface area contributed by atoms with E-state index in [0.29, 0.717) is 18.0 Å². The second-order valence-electron chi connectivity index (χ2n) is 6.74. The molecule has 1 aliphatic heterocycles. The molecule has 20 heavy (non-hydrogen) atoms. The van der Waals surface area contributed by atoms with Crippen molar-refractivity contribution in [3.05, 3.63) is 0 Å². The Bertz CT molecular complexity index is 334. The Balaban J connectivity index is 2.67. The van der Waals surface area contributed by atoms with E-state index in [1.54, 1.807) is 0 Å². The van der Waals surface area contributed by atoms with Gasteiger partial charge in [0.05, 0.1) is 5.54 Å². The van der Waals surface area contributed by atoms with Crippen LogP contribution in [-0.2, 0) is 4.79 Å². The Labute approximate surface area is 123 Å². The fraction of sp³-hybridized carbons (Fsp3) is 0.933. The first-order valence-corrected chi connectivity index (χ1v) is 7.66. The van der Waals surface area contributed by atoms with Crippen molar-refractivity contribution in [1.82, 2.24) is 15.1 Å². The van der Waals surface area contributed by atoms with Crippen molar-refractivity contribution in [2.45, 2.75) is 51.7 Å². The van der Waals surface area contributed by atoms with Gasteiger partial charge in [0.15, 0.2) is 0 Å². The van der Waals surface area contributed by atoms with Gasteiger partial charge in [0.2, 0.25) is 5.91 Å². The predicted octanol–water partition coefficient (Wildman–Crippen LogP) is 0.500. The topological polar surface area (TPSA) is 61.6 Å². The van der Waals surface area contributed by atoms with Crippen LogP contribution in [0.25, 0.3) is 0 Å². The summed E-state index contributed by atoms with van der Waals surface area (Å²) in [5.74, 6) is 0.397. The minimum absolute atomic E-state index is 0.261. The van der Waals surface area contributed by atoms with Gasteiger partial charge in [0.25, 0.3) is 0 Å². The normalized spacial score (nSPS) is 28.6. The summed E-state index contributed by atoms with van der Waals surface area (Å²) in [7, 11) is 4.28. The van der Waals surface area contributed by atoms with E-state index >= 15 is 0 Å². The molecular weight excluding hydrogens is 252 g/mol. The molecule has 1 saturated heterocycles. The Morgan fingerprint density at radius 2 is 2.10 bits per heavy atom. The number of nitrogens with one attached hydrogen (secondary N) is 1. The van der Waals surface area contributed by atoms with Crippen LogP contribution in [0.3, 0.4) is 0 Å². The molecule has 4 unspecified atom stereocenters.